The molecule has 0 bridgehead atoms. The van der Waals surface area contributed by atoms with Gasteiger partial charge in [0.2, 0.25) is 11.8 Å². The van der Waals surface area contributed by atoms with Gasteiger partial charge < -0.3 is 43.8 Å². The zero-order valence-corrected chi connectivity index (χ0v) is 23.3. The Morgan fingerprint density at radius 3 is 1.68 bits per heavy atom. The highest BCUT2D eigenvalue weighted by molar-refractivity contribution is 5.79. The molecule has 0 aromatic rings. The molecule has 0 unspecified atom stereocenters. The second kappa shape index (κ2) is 23.9. The zero-order valence-electron chi connectivity index (χ0n) is 23.3. The van der Waals surface area contributed by atoms with Gasteiger partial charge in [-0.3, -0.25) is 14.4 Å². The average molecular weight is 551 g/mol. The summed E-state index contributed by atoms with van der Waals surface area (Å²) in [6, 6.07) is 0. The molecule has 13 heteroatoms. The topological polar surface area (TPSA) is 157 Å². The van der Waals surface area contributed by atoms with Gasteiger partial charge in [0.25, 0.3) is 0 Å². The Hall–Kier alpha value is -2.16. The van der Waals surface area contributed by atoms with Crippen LogP contribution in [0.3, 0.4) is 0 Å². The first-order chi connectivity index (χ1) is 18.1. The molecular weight excluding hydrogens is 504 g/mol. The van der Waals surface area contributed by atoms with Gasteiger partial charge in [-0.25, -0.2) is 4.79 Å². The van der Waals surface area contributed by atoms with Gasteiger partial charge in [0.1, 0.15) is 25.4 Å². The second-order valence-corrected chi connectivity index (χ2v) is 9.06. The summed E-state index contributed by atoms with van der Waals surface area (Å²) in [4.78, 5) is 45.6. The highest BCUT2D eigenvalue weighted by Gasteiger charge is 2.15. The third-order valence-corrected chi connectivity index (χ3v) is 4.19. The minimum atomic E-state index is -0.542. The molecule has 0 aromatic heterocycles. The van der Waals surface area contributed by atoms with E-state index in [1.54, 1.807) is 20.8 Å². The lowest BCUT2D eigenvalue weighted by Crippen LogP contribution is -2.31. The molecule has 0 aliphatic rings. The lowest BCUT2D eigenvalue weighted by Gasteiger charge is -2.19. The molecule has 0 rings (SSSR count). The highest BCUT2D eigenvalue weighted by atomic mass is 16.6. The highest BCUT2D eigenvalue weighted by Crippen LogP contribution is 2.06. The SMILES string of the molecule is CC(=O)NCCOCCOCC(=O)CCCOCCOCC(=O)NCCOCCOCC(=O)OC(C)(C)C. The third kappa shape index (κ3) is 28.4. The number of ether oxygens (including phenoxy) is 7. The van der Waals surface area contributed by atoms with Gasteiger partial charge in [-0.15, -0.1) is 0 Å². The molecule has 2 N–H and O–H groups in total. The molecule has 0 aliphatic heterocycles. The van der Waals surface area contributed by atoms with Crippen molar-refractivity contribution in [3.05, 3.63) is 0 Å². The maximum absolute atomic E-state index is 11.7. The van der Waals surface area contributed by atoms with E-state index in [4.69, 9.17) is 33.2 Å². The fraction of sp³-hybridized carbons (Fsp3) is 0.840. The number of hydrogen-bond acceptors (Lipinski definition) is 11. The van der Waals surface area contributed by atoms with Crippen LogP contribution < -0.4 is 10.6 Å². The van der Waals surface area contributed by atoms with Gasteiger partial charge in [-0.05, 0) is 27.2 Å². The summed E-state index contributed by atoms with van der Waals surface area (Å²) < 4.78 is 36.7. The van der Waals surface area contributed by atoms with E-state index >= 15 is 0 Å². The molecule has 0 spiro atoms. The van der Waals surface area contributed by atoms with Crippen molar-refractivity contribution in [1.82, 2.24) is 10.6 Å². The number of hydrogen-bond donors (Lipinski definition) is 2. The van der Waals surface area contributed by atoms with Crippen LogP contribution >= 0.6 is 0 Å². The van der Waals surface area contributed by atoms with Gasteiger partial charge in [0.15, 0.2) is 5.78 Å². The van der Waals surface area contributed by atoms with Crippen molar-refractivity contribution in [2.24, 2.45) is 0 Å². The lowest BCUT2D eigenvalue weighted by atomic mass is 10.2. The molecule has 2 amide bonds. The molecule has 0 aliphatic carbocycles. The number of carbonyl (C=O) groups excluding carboxylic acids is 4. The Kier molecular flexibility index (Phi) is 22.6. The summed E-state index contributed by atoms with van der Waals surface area (Å²) >= 11 is 0. The first kappa shape index (κ1) is 35.8. The quantitative estimate of drug-likeness (QED) is 0.117. The van der Waals surface area contributed by atoms with Crippen molar-refractivity contribution >= 4 is 23.6 Å². The predicted octanol–water partition coefficient (Wildman–Crippen LogP) is 0.0293. The molecule has 0 atom stereocenters. The van der Waals surface area contributed by atoms with Crippen molar-refractivity contribution in [3.8, 4) is 0 Å². The summed E-state index contributed by atoms with van der Waals surface area (Å²) in [7, 11) is 0. The van der Waals surface area contributed by atoms with Crippen molar-refractivity contribution < 1.29 is 52.3 Å². The van der Waals surface area contributed by atoms with Gasteiger partial charge in [-0.2, -0.15) is 0 Å². The molecule has 0 fully saturated rings. The van der Waals surface area contributed by atoms with E-state index in [1.165, 1.54) is 6.92 Å². The number of nitrogens with one attached hydrogen (secondary N) is 2. The molecule has 0 aromatic carbocycles. The van der Waals surface area contributed by atoms with Crippen molar-refractivity contribution in [1.29, 1.82) is 0 Å². The Labute approximate surface area is 225 Å². The summed E-state index contributed by atoms with van der Waals surface area (Å²) in [5.74, 6) is -0.815. The van der Waals surface area contributed by atoms with Crippen LogP contribution in [0.4, 0.5) is 0 Å². The van der Waals surface area contributed by atoms with Gasteiger partial charge in [0.05, 0.1) is 52.9 Å². The van der Waals surface area contributed by atoms with E-state index in [2.05, 4.69) is 10.6 Å². The number of ketones is 1. The Bertz CT molecular complexity index is 654. The molecule has 222 valence electrons. The third-order valence-electron chi connectivity index (χ3n) is 4.19. The summed E-state index contributed by atoms with van der Waals surface area (Å²) in [5, 5.41) is 5.27. The Morgan fingerprint density at radius 1 is 0.605 bits per heavy atom. The molecule has 38 heavy (non-hydrogen) atoms. The van der Waals surface area contributed by atoms with E-state index < -0.39 is 11.6 Å². The fourth-order valence-electron chi connectivity index (χ4n) is 2.59. The standard InChI is InChI=1S/C25H46N2O11/c1-21(28)26-7-10-33-13-15-35-18-22(29)6-5-9-32-12-16-36-19-23(30)27-8-11-34-14-17-37-20-24(31)38-25(2,3)4/h5-20H2,1-4H3,(H,26,28)(H,27,30). The fourth-order valence-corrected chi connectivity index (χ4v) is 2.59. The molecule has 0 radical (unpaired) electrons. The zero-order chi connectivity index (χ0) is 28.5. The van der Waals surface area contributed by atoms with Crippen LogP contribution in [0.1, 0.15) is 40.5 Å². The largest absolute Gasteiger partial charge is 0.458 e. The minimum absolute atomic E-state index is 0.0166. The molecule has 0 heterocycles. The predicted molar refractivity (Wildman–Crippen MR) is 137 cm³/mol. The van der Waals surface area contributed by atoms with Crippen LogP contribution in [0, 0.1) is 0 Å². The van der Waals surface area contributed by atoms with E-state index in [0.717, 1.165) is 0 Å². The van der Waals surface area contributed by atoms with Crippen LogP contribution in [0.2, 0.25) is 0 Å². The first-order valence-electron chi connectivity index (χ1n) is 12.8. The maximum Gasteiger partial charge on any atom is 0.332 e. The van der Waals surface area contributed by atoms with Gasteiger partial charge >= 0.3 is 5.97 Å². The van der Waals surface area contributed by atoms with Crippen LogP contribution in [0.5, 0.6) is 0 Å². The molecule has 13 nitrogen and oxygen atoms in total. The number of esters is 1. The van der Waals surface area contributed by atoms with Crippen LogP contribution in [-0.2, 0) is 52.3 Å². The molecule has 0 saturated carbocycles. The van der Waals surface area contributed by atoms with E-state index in [9.17, 15) is 19.2 Å². The molecule has 0 saturated heterocycles. The van der Waals surface area contributed by atoms with E-state index in [1.807, 2.05) is 0 Å². The lowest BCUT2D eigenvalue weighted by molar-refractivity contribution is -0.160. The van der Waals surface area contributed by atoms with Gasteiger partial charge in [0, 0.05) is 33.0 Å². The minimum Gasteiger partial charge on any atom is -0.458 e. The van der Waals surface area contributed by atoms with Crippen molar-refractivity contribution in [3.63, 3.8) is 0 Å². The normalized spacial score (nSPS) is 11.3. The summed E-state index contributed by atoms with van der Waals surface area (Å²) in [5.41, 5.74) is -0.542. The van der Waals surface area contributed by atoms with E-state index in [0.29, 0.717) is 72.2 Å². The average Bonchev–Trinajstić information content (AvgIpc) is 2.82. The van der Waals surface area contributed by atoms with Crippen molar-refractivity contribution in [2.75, 3.05) is 92.4 Å². The summed E-state index contributed by atoms with van der Waals surface area (Å²) in [6.07, 6.45) is 0.923. The van der Waals surface area contributed by atoms with Crippen LogP contribution in [0.15, 0.2) is 0 Å². The maximum atomic E-state index is 11.7. The number of carbonyl (C=O) groups is 4. The monoisotopic (exact) mass is 550 g/mol. The number of rotatable bonds is 25. The molecular formula is C25H46N2O11. The summed E-state index contributed by atoms with van der Waals surface area (Å²) in [6.45, 7) is 10.3. The number of Topliss-reactive ketones (excluding diaryl/α,β-unsaturated/α-hetero) is 1. The first-order valence-corrected chi connectivity index (χ1v) is 12.8. The number of amides is 2. The Morgan fingerprint density at radius 2 is 1.11 bits per heavy atom. The smallest absolute Gasteiger partial charge is 0.332 e. The Balaban J connectivity index is 3.36. The van der Waals surface area contributed by atoms with Crippen molar-refractivity contribution in [2.45, 2.75) is 46.1 Å². The second-order valence-electron chi connectivity index (χ2n) is 9.06. The van der Waals surface area contributed by atoms with Gasteiger partial charge in [-0.1, -0.05) is 0 Å². The van der Waals surface area contributed by atoms with Crippen LogP contribution in [0.25, 0.3) is 0 Å². The van der Waals surface area contributed by atoms with Crippen LogP contribution in [-0.4, -0.2) is 122 Å². The van der Waals surface area contributed by atoms with E-state index in [-0.39, 0.29) is 50.6 Å².